The number of anilines is 2. The van der Waals surface area contributed by atoms with E-state index in [0.717, 1.165) is 12.6 Å². The first-order chi connectivity index (χ1) is 12.9. The summed E-state index contributed by atoms with van der Waals surface area (Å²) in [6.45, 7) is 29.0. The molecule has 7 heteroatoms. The van der Waals surface area contributed by atoms with Gasteiger partial charge in [0.05, 0.1) is 0 Å². The molecule has 0 saturated carbocycles. The summed E-state index contributed by atoms with van der Waals surface area (Å²) in [7, 11) is 2.04. The van der Waals surface area contributed by atoms with Gasteiger partial charge < -0.3 is 18.0 Å². The predicted molar refractivity (Wildman–Crippen MR) is 145 cm³/mol. The largest absolute Gasteiger partial charge is 1.00 e. The van der Waals surface area contributed by atoms with Gasteiger partial charge in [0.2, 0.25) is 0 Å². The minimum Gasteiger partial charge on any atom is -1.00 e. The second-order valence-electron chi connectivity index (χ2n) is 12.4. The number of nitrogens with zero attached hydrogens (tertiary/aromatic N) is 2. The summed E-state index contributed by atoms with van der Waals surface area (Å²) in [6, 6.07) is 8.99. The second-order valence-corrected chi connectivity index (χ2v) is 20.0. The number of rotatable bonds is 4. The van der Waals surface area contributed by atoms with Crippen LogP contribution in [0.4, 0.5) is 11.4 Å². The Kier molecular flexibility index (Phi) is 11.0. The molecular formula is C24H44B2N2P2Pd-. The van der Waals surface area contributed by atoms with Crippen LogP contribution in [0.15, 0.2) is 24.3 Å². The van der Waals surface area contributed by atoms with Crippen LogP contribution in [-0.4, -0.2) is 49.2 Å². The minimum atomic E-state index is -0.189. The molecule has 1 aromatic rings. The zero-order chi connectivity index (χ0) is 22.4. The average Bonchev–Trinajstić information content (AvgIpc) is 2.84. The van der Waals surface area contributed by atoms with Gasteiger partial charge in [0, 0.05) is 44.4 Å². The molecular weight excluding hydrogens is 506 g/mol. The molecule has 0 fully saturated rings. The maximum absolute atomic E-state index is 2.55. The maximum Gasteiger partial charge on any atom is 0.392 e. The molecule has 0 unspecified atom stereocenters. The average molecular weight is 551 g/mol. The second kappa shape index (κ2) is 10.8. The van der Waals surface area contributed by atoms with Crippen molar-refractivity contribution in [3.63, 3.8) is 0 Å². The summed E-state index contributed by atoms with van der Waals surface area (Å²) in [4.78, 5) is 5.10. The third kappa shape index (κ3) is 8.03. The van der Waals surface area contributed by atoms with Crippen molar-refractivity contribution in [1.82, 2.24) is 0 Å². The number of hydrogen-bond donors (Lipinski definition) is 0. The van der Waals surface area contributed by atoms with E-state index in [1.807, 2.05) is 0 Å². The van der Waals surface area contributed by atoms with Gasteiger partial charge in [0.15, 0.2) is 0 Å². The van der Waals surface area contributed by atoms with E-state index in [0.29, 0.717) is 20.6 Å². The molecule has 0 aliphatic carbocycles. The Morgan fingerprint density at radius 2 is 0.871 bits per heavy atom. The fourth-order valence-electron chi connectivity index (χ4n) is 4.63. The molecule has 2 nitrogen and oxygen atoms in total. The molecule has 1 heterocycles. The zero-order valence-electron chi connectivity index (χ0n) is 22.0. The monoisotopic (exact) mass is 550 g/mol. The molecule has 0 spiro atoms. The predicted octanol–water partition coefficient (Wildman–Crippen LogP) is 7.54. The normalized spacial score (nSPS) is 14.9. The Morgan fingerprint density at radius 1 is 0.613 bits per heavy atom. The maximum atomic E-state index is 2.55. The molecule has 0 amide bonds. The van der Waals surface area contributed by atoms with Crippen LogP contribution in [0.5, 0.6) is 0 Å². The van der Waals surface area contributed by atoms with Crippen LogP contribution in [0.3, 0.4) is 0 Å². The molecule has 0 aromatic heterocycles. The molecule has 31 heavy (non-hydrogen) atoms. The molecule has 0 atom stereocenters. The number of para-hydroxylation sites is 2. The molecule has 1 aliphatic heterocycles. The van der Waals surface area contributed by atoms with Crippen molar-refractivity contribution in [2.45, 2.75) is 104 Å². The van der Waals surface area contributed by atoms with E-state index in [1.165, 1.54) is 11.4 Å². The SMILES string of the molecule is CC(C)(C)P(CN1[B]N(CP(C(C)(C)C)C(C)(C)C)c2ccccc21)C(C)(C)C.[B-].[Pd]. The molecule has 2 rings (SSSR count). The quantitative estimate of drug-likeness (QED) is 0.282. The number of fused-ring (bicyclic) bond motifs is 1. The topological polar surface area (TPSA) is 6.48 Å². The van der Waals surface area contributed by atoms with E-state index in [9.17, 15) is 0 Å². The fourth-order valence-corrected chi connectivity index (χ4v) is 11.4. The molecule has 1 aromatic carbocycles. The molecule has 0 N–H and O–H groups in total. The summed E-state index contributed by atoms with van der Waals surface area (Å²) in [6.07, 6.45) is 2.25. The minimum absolute atomic E-state index is 0. The Morgan fingerprint density at radius 3 is 1.10 bits per heavy atom. The Hall–Kier alpha value is 0.472. The van der Waals surface area contributed by atoms with Gasteiger partial charge in [0.25, 0.3) is 0 Å². The van der Waals surface area contributed by atoms with Crippen molar-refractivity contribution < 1.29 is 20.4 Å². The number of benzene rings is 1. The molecule has 1 aliphatic rings. The van der Waals surface area contributed by atoms with Crippen LogP contribution in [0.1, 0.15) is 83.1 Å². The Labute approximate surface area is 213 Å². The first-order valence-corrected chi connectivity index (χ1v) is 14.0. The number of hydrogen-bond acceptors (Lipinski definition) is 2. The van der Waals surface area contributed by atoms with E-state index >= 15 is 0 Å². The van der Waals surface area contributed by atoms with Crippen molar-refractivity contribution in [2.24, 2.45) is 0 Å². The van der Waals surface area contributed by atoms with Crippen LogP contribution >= 0.6 is 15.8 Å². The van der Waals surface area contributed by atoms with Crippen molar-refractivity contribution in [1.29, 1.82) is 0 Å². The fraction of sp³-hybridized carbons (Fsp3) is 0.750. The van der Waals surface area contributed by atoms with Gasteiger partial charge in [-0.05, 0) is 32.8 Å². The van der Waals surface area contributed by atoms with Crippen molar-refractivity contribution in [3.05, 3.63) is 24.3 Å². The van der Waals surface area contributed by atoms with Crippen molar-refractivity contribution >= 4 is 43.2 Å². The standard InChI is InChI=1S/C24H44BN2P2.B.Pd/c1-21(2,3)28(22(4,5)6)17-26-19-15-13-14-16-20(19)27(25-26)18-29(23(7,8)9)24(10,11)12;;/h13-16H,17-18H2,1-12H3;;/q;-1;. The van der Waals surface area contributed by atoms with Crippen LogP contribution in [0.25, 0.3) is 0 Å². The van der Waals surface area contributed by atoms with Gasteiger partial charge in [-0.2, -0.15) is 0 Å². The van der Waals surface area contributed by atoms with Gasteiger partial charge >= 0.3 is 7.55 Å². The van der Waals surface area contributed by atoms with E-state index in [4.69, 9.17) is 0 Å². The summed E-state index contributed by atoms with van der Waals surface area (Å²) < 4.78 is 0. The molecule has 0 saturated heterocycles. The third-order valence-electron chi connectivity index (χ3n) is 5.61. The van der Waals surface area contributed by atoms with Crippen molar-refractivity contribution in [2.75, 3.05) is 22.2 Å². The Balaban J connectivity index is 0.00000450. The van der Waals surface area contributed by atoms with Gasteiger partial charge in [-0.15, -0.1) is 0 Å². The third-order valence-corrected chi connectivity index (χ3v) is 13.3. The van der Waals surface area contributed by atoms with Gasteiger partial charge in [0.1, 0.15) is 0 Å². The molecule has 0 bridgehead atoms. The summed E-state index contributed by atoms with van der Waals surface area (Å²) >= 11 is 0. The van der Waals surface area contributed by atoms with Crippen molar-refractivity contribution in [3.8, 4) is 0 Å². The summed E-state index contributed by atoms with van der Waals surface area (Å²) in [5, 5.41) is 1.31. The summed E-state index contributed by atoms with van der Waals surface area (Å²) in [5.41, 5.74) is 2.76. The van der Waals surface area contributed by atoms with Gasteiger partial charge in [-0.25, -0.2) is 0 Å². The smallest absolute Gasteiger partial charge is 0.392 e. The van der Waals surface area contributed by atoms with E-state index in [-0.39, 0.29) is 44.7 Å². The zero-order valence-corrected chi connectivity index (χ0v) is 25.3. The van der Waals surface area contributed by atoms with Gasteiger partial charge in [-0.3, -0.25) is 0 Å². The van der Waals surface area contributed by atoms with E-state index in [1.54, 1.807) is 0 Å². The van der Waals surface area contributed by atoms with E-state index in [2.05, 4.69) is 125 Å². The first kappa shape index (κ1) is 31.5. The van der Waals surface area contributed by atoms with Crippen LogP contribution in [0, 0.1) is 0 Å². The molecule has 5 radical (unpaired) electrons. The van der Waals surface area contributed by atoms with E-state index < -0.39 is 0 Å². The first-order valence-electron chi connectivity index (χ1n) is 11.0. The molecule has 177 valence electrons. The van der Waals surface area contributed by atoms with Crippen LogP contribution < -0.4 is 9.62 Å². The Bertz CT molecular complexity index is 616. The van der Waals surface area contributed by atoms with Crippen LogP contribution in [0.2, 0.25) is 0 Å². The van der Waals surface area contributed by atoms with Gasteiger partial charge in [-0.1, -0.05) is 111 Å². The van der Waals surface area contributed by atoms with Crippen LogP contribution in [-0.2, 0) is 20.4 Å². The summed E-state index contributed by atoms with van der Waals surface area (Å²) in [5.74, 6) is 0.